The first kappa shape index (κ1) is 20.2. The third-order valence-corrected chi connectivity index (χ3v) is 5.35. The summed E-state index contributed by atoms with van der Waals surface area (Å²) in [5, 5.41) is 8.05. The lowest BCUT2D eigenvalue weighted by atomic mass is 9.98. The molecule has 6 heteroatoms. The van der Waals surface area contributed by atoms with Gasteiger partial charge in [-0.3, -0.25) is 9.48 Å². The molecule has 1 N–H and O–H groups in total. The number of nitrogens with zero attached hydrogens (tertiary/aromatic N) is 3. The van der Waals surface area contributed by atoms with Crippen LogP contribution in [0, 0.1) is 5.92 Å². The molecular formula is C19H33ClN4O. The standard InChI is InChI=1S/C19H32N4O.ClH/c1-15(2)13-16-7-4-3-5-11-22(16)19(24)18-9-12-23(21-18)17-8-6-10-20-14-17;/h9,12,15-17,20H,3-8,10-11,13-14H2,1-2H3;1H. The van der Waals surface area contributed by atoms with Crippen LogP contribution < -0.4 is 5.32 Å². The molecule has 2 atom stereocenters. The van der Waals surface area contributed by atoms with Crippen molar-refractivity contribution in [3.05, 3.63) is 18.0 Å². The number of aromatic nitrogens is 2. The quantitative estimate of drug-likeness (QED) is 0.882. The van der Waals surface area contributed by atoms with E-state index in [1.54, 1.807) is 0 Å². The third-order valence-electron chi connectivity index (χ3n) is 5.35. The van der Waals surface area contributed by atoms with Crippen LogP contribution in [0.5, 0.6) is 0 Å². The summed E-state index contributed by atoms with van der Waals surface area (Å²) in [7, 11) is 0. The van der Waals surface area contributed by atoms with Gasteiger partial charge in [-0.1, -0.05) is 26.7 Å². The summed E-state index contributed by atoms with van der Waals surface area (Å²) in [6.07, 6.45) is 10.1. The van der Waals surface area contributed by atoms with E-state index in [2.05, 4.69) is 29.2 Å². The molecule has 1 aromatic rings. The van der Waals surface area contributed by atoms with Crippen LogP contribution in [0.15, 0.2) is 12.3 Å². The molecular weight excluding hydrogens is 336 g/mol. The second-order valence-electron chi connectivity index (χ2n) is 7.81. The molecule has 3 rings (SSSR count). The summed E-state index contributed by atoms with van der Waals surface area (Å²) in [6, 6.07) is 2.67. The average Bonchev–Trinajstić information content (AvgIpc) is 2.97. The van der Waals surface area contributed by atoms with Gasteiger partial charge in [-0.2, -0.15) is 5.10 Å². The largest absolute Gasteiger partial charge is 0.334 e. The fourth-order valence-corrected chi connectivity index (χ4v) is 4.10. The number of rotatable bonds is 4. The number of likely N-dealkylation sites (tertiary alicyclic amines) is 1. The lowest BCUT2D eigenvalue weighted by Crippen LogP contribution is -2.41. The summed E-state index contributed by atoms with van der Waals surface area (Å²) in [6.45, 7) is 7.42. The Morgan fingerprint density at radius 3 is 2.84 bits per heavy atom. The van der Waals surface area contributed by atoms with Crippen molar-refractivity contribution in [1.82, 2.24) is 20.0 Å². The van der Waals surface area contributed by atoms with E-state index in [0.29, 0.717) is 23.7 Å². The van der Waals surface area contributed by atoms with E-state index in [1.807, 2.05) is 16.9 Å². The van der Waals surface area contributed by atoms with Crippen molar-refractivity contribution in [2.24, 2.45) is 5.92 Å². The van der Waals surface area contributed by atoms with Gasteiger partial charge in [0.2, 0.25) is 0 Å². The van der Waals surface area contributed by atoms with Gasteiger partial charge in [0.15, 0.2) is 0 Å². The van der Waals surface area contributed by atoms with Crippen molar-refractivity contribution in [1.29, 1.82) is 0 Å². The smallest absolute Gasteiger partial charge is 0.274 e. The van der Waals surface area contributed by atoms with E-state index in [-0.39, 0.29) is 18.3 Å². The first-order valence-electron chi connectivity index (χ1n) is 9.72. The molecule has 0 aliphatic carbocycles. The fourth-order valence-electron chi connectivity index (χ4n) is 4.10. The number of carbonyl (C=O) groups is 1. The lowest BCUT2D eigenvalue weighted by molar-refractivity contribution is 0.0653. The number of carbonyl (C=O) groups excluding carboxylic acids is 1. The van der Waals surface area contributed by atoms with E-state index in [1.165, 1.54) is 19.3 Å². The summed E-state index contributed by atoms with van der Waals surface area (Å²) in [5.74, 6) is 0.749. The minimum absolute atomic E-state index is 0. The first-order valence-corrected chi connectivity index (χ1v) is 9.72. The van der Waals surface area contributed by atoms with Crippen molar-refractivity contribution in [2.75, 3.05) is 19.6 Å². The molecule has 142 valence electrons. The monoisotopic (exact) mass is 368 g/mol. The zero-order chi connectivity index (χ0) is 16.9. The third kappa shape index (κ3) is 5.20. The number of amides is 1. The Morgan fingerprint density at radius 1 is 1.28 bits per heavy atom. The molecule has 0 saturated carbocycles. The van der Waals surface area contributed by atoms with Crippen molar-refractivity contribution in [2.45, 2.75) is 70.9 Å². The van der Waals surface area contributed by atoms with Crippen LogP contribution in [0.4, 0.5) is 0 Å². The Labute approximate surface area is 157 Å². The number of halogens is 1. The van der Waals surface area contributed by atoms with Gasteiger partial charge < -0.3 is 10.2 Å². The van der Waals surface area contributed by atoms with Gasteiger partial charge in [-0.15, -0.1) is 12.4 Å². The van der Waals surface area contributed by atoms with Gasteiger partial charge in [0.25, 0.3) is 5.91 Å². The highest BCUT2D eigenvalue weighted by Crippen LogP contribution is 2.24. The Hall–Kier alpha value is -1.07. The Morgan fingerprint density at radius 2 is 2.12 bits per heavy atom. The maximum atomic E-state index is 13.1. The number of nitrogens with one attached hydrogen (secondary N) is 1. The SMILES string of the molecule is CC(C)CC1CCCCCN1C(=O)c1ccn(C2CCCNC2)n1.Cl. The fraction of sp³-hybridized carbons (Fsp3) is 0.789. The van der Waals surface area contributed by atoms with Crippen molar-refractivity contribution in [3.63, 3.8) is 0 Å². The van der Waals surface area contributed by atoms with Crippen LogP contribution in [-0.2, 0) is 0 Å². The van der Waals surface area contributed by atoms with Crippen LogP contribution in [-0.4, -0.2) is 46.3 Å². The molecule has 1 aromatic heterocycles. The molecule has 2 fully saturated rings. The first-order chi connectivity index (χ1) is 11.6. The average molecular weight is 369 g/mol. The van der Waals surface area contributed by atoms with Gasteiger partial charge >= 0.3 is 0 Å². The van der Waals surface area contributed by atoms with Crippen LogP contribution in [0.3, 0.4) is 0 Å². The van der Waals surface area contributed by atoms with Crippen LogP contribution in [0.1, 0.15) is 75.3 Å². The van der Waals surface area contributed by atoms with Gasteiger partial charge in [0.1, 0.15) is 5.69 Å². The molecule has 0 spiro atoms. The molecule has 25 heavy (non-hydrogen) atoms. The molecule has 0 bridgehead atoms. The molecule has 2 saturated heterocycles. The topological polar surface area (TPSA) is 50.2 Å². The number of hydrogen-bond donors (Lipinski definition) is 1. The lowest BCUT2D eigenvalue weighted by Gasteiger charge is -2.31. The van der Waals surface area contributed by atoms with E-state index < -0.39 is 0 Å². The number of hydrogen-bond acceptors (Lipinski definition) is 3. The highest BCUT2D eigenvalue weighted by Gasteiger charge is 2.28. The summed E-state index contributed by atoms with van der Waals surface area (Å²) >= 11 is 0. The van der Waals surface area contributed by atoms with Crippen LogP contribution in [0.2, 0.25) is 0 Å². The Balaban J connectivity index is 0.00000225. The molecule has 2 unspecified atom stereocenters. The maximum Gasteiger partial charge on any atom is 0.274 e. The van der Waals surface area contributed by atoms with Crippen molar-refractivity contribution < 1.29 is 4.79 Å². The second kappa shape index (κ2) is 9.58. The van der Waals surface area contributed by atoms with Gasteiger partial charge in [0, 0.05) is 25.3 Å². The highest BCUT2D eigenvalue weighted by atomic mass is 35.5. The highest BCUT2D eigenvalue weighted by molar-refractivity contribution is 5.92. The van der Waals surface area contributed by atoms with Gasteiger partial charge in [-0.05, 0) is 50.6 Å². The van der Waals surface area contributed by atoms with E-state index in [4.69, 9.17) is 0 Å². The molecule has 0 radical (unpaired) electrons. The molecule has 2 aliphatic heterocycles. The van der Waals surface area contributed by atoms with Crippen LogP contribution in [0.25, 0.3) is 0 Å². The molecule has 2 aliphatic rings. The zero-order valence-electron chi connectivity index (χ0n) is 15.6. The minimum atomic E-state index is 0. The maximum absolute atomic E-state index is 13.1. The summed E-state index contributed by atoms with van der Waals surface area (Å²) < 4.78 is 1.99. The molecule has 0 aromatic carbocycles. The predicted molar refractivity (Wildman–Crippen MR) is 103 cm³/mol. The number of piperidine rings is 1. The zero-order valence-corrected chi connectivity index (χ0v) is 16.4. The van der Waals surface area contributed by atoms with Gasteiger partial charge in [0.05, 0.1) is 6.04 Å². The molecule has 1 amide bonds. The summed E-state index contributed by atoms with van der Waals surface area (Å²) in [5.41, 5.74) is 0.622. The second-order valence-corrected chi connectivity index (χ2v) is 7.81. The van der Waals surface area contributed by atoms with E-state index >= 15 is 0 Å². The van der Waals surface area contributed by atoms with E-state index in [9.17, 15) is 4.79 Å². The minimum Gasteiger partial charge on any atom is -0.334 e. The normalized spacial score (nSPS) is 24.7. The van der Waals surface area contributed by atoms with Crippen molar-refractivity contribution in [3.8, 4) is 0 Å². The molecule has 5 nitrogen and oxygen atoms in total. The van der Waals surface area contributed by atoms with E-state index in [0.717, 1.165) is 45.3 Å². The summed E-state index contributed by atoms with van der Waals surface area (Å²) in [4.78, 5) is 15.2. The predicted octanol–water partition coefficient (Wildman–Crippen LogP) is 3.66. The Bertz CT molecular complexity index is 539. The van der Waals surface area contributed by atoms with Crippen molar-refractivity contribution >= 4 is 18.3 Å². The molecule has 3 heterocycles. The van der Waals surface area contributed by atoms with Crippen LogP contribution >= 0.6 is 12.4 Å². The Kier molecular flexibility index (Phi) is 7.76. The van der Waals surface area contributed by atoms with Gasteiger partial charge in [-0.25, -0.2) is 0 Å².